The van der Waals surface area contributed by atoms with Crippen LogP contribution in [0, 0.1) is 0 Å². The lowest BCUT2D eigenvalue weighted by molar-refractivity contribution is -0.116. The summed E-state index contributed by atoms with van der Waals surface area (Å²) in [6.07, 6.45) is 0.328. The number of anilines is 1. The number of rotatable bonds is 6. The number of hydrogen-bond acceptors (Lipinski definition) is 5. The number of amides is 1. The van der Waals surface area contributed by atoms with E-state index in [1.54, 1.807) is 36.4 Å². The van der Waals surface area contributed by atoms with Crippen LogP contribution in [-0.2, 0) is 14.6 Å². The molecule has 0 atom stereocenters. The summed E-state index contributed by atoms with van der Waals surface area (Å²) in [7, 11) is -0.0630. The zero-order valence-corrected chi connectivity index (χ0v) is 20.0. The SMILES string of the molecule is CN(C)CCC(=O)Nc1cccc2c(S(=O)(=O)c3cccc4ccccc34)[nH]nc12.Cl.Cl. The molecule has 32 heavy (non-hydrogen) atoms. The Morgan fingerprint density at radius 2 is 1.62 bits per heavy atom. The molecule has 0 saturated carbocycles. The highest BCUT2D eigenvalue weighted by molar-refractivity contribution is 7.91. The van der Waals surface area contributed by atoms with Crippen LogP contribution in [0.3, 0.4) is 0 Å². The molecule has 3 aromatic carbocycles. The molecule has 0 spiro atoms. The van der Waals surface area contributed by atoms with Crippen LogP contribution in [0.5, 0.6) is 0 Å². The van der Waals surface area contributed by atoms with Crippen molar-refractivity contribution in [2.24, 2.45) is 0 Å². The number of para-hydroxylation sites is 1. The van der Waals surface area contributed by atoms with Crippen LogP contribution < -0.4 is 5.32 Å². The number of fused-ring (bicyclic) bond motifs is 2. The number of sulfone groups is 1. The van der Waals surface area contributed by atoms with Crippen LogP contribution in [0.15, 0.2) is 70.6 Å². The van der Waals surface area contributed by atoms with Gasteiger partial charge < -0.3 is 10.2 Å². The molecule has 1 aromatic heterocycles. The number of aromatic amines is 1. The maximum Gasteiger partial charge on any atom is 0.225 e. The fraction of sp³-hybridized carbons (Fsp3) is 0.182. The molecule has 0 aliphatic carbocycles. The van der Waals surface area contributed by atoms with Gasteiger partial charge in [0.2, 0.25) is 15.7 Å². The van der Waals surface area contributed by atoms with Crippen molar-refractivity contribution in [2.75, 3.05) is 26.0 Å². The monoisotopic (exact) mass is 494 g/mol. The van der Waals surface area contributed by atoms with E-state index < -0.39 is 9.84 Å². The molecule has 0 unspecified atom stereocenters. The van der Waals surface area contributed by atoms with Crippen molar-refractivity contribution in [2.45, 2.75) is 16.3 Å². The first-order chi connectivity index (χ1) is 14.4. The number of aromatic nitrogens is 2. The van der Waals surface area contributed by atoms with Crippen LogP contribution in [0.25, 0.3) is 21.7 Å². The fourth-order valence-corrected chi connectivity index (χ4v) is 4.97. The number of carbonyl (C=O) groups excluding carboxylic acids is 1. The molecule has 0 radical (unpaired) electrons. The maximum absolute atomic E-state index is 13.5. The first-order valence-corrected chi connectivity index (χ1v) is 11.0. The number of hydrogen-bond donors (Lipinski definition) is 2. The molecule has 0 aliphatic rings. The van der Waals surface area contributed by atoms with Gasteiger partial charge in [-0.25, -0.2) is 8.42 Å². The van der Waals surface area contributed by atoms with Gasteiger partial charge >= 0.3 is 0 Å². The first kappa shape index (κ1) is 25.6. The molecule has 2 N–H and O–H groups in total. The Hall–Kier alpha value is -2.65. The lowest BCUT2D eigenvalue weighted by atomic mass is 10.1. The van der Waals surface area contributed by atoms with Gasteiger partial charge in [-0.1, -0.05) is 42.5 Å². The Bertz CT molecular complexity index is 1350. The van der Waals surface area contributed by atoms with E-state index >= 15 is 0 Å². The number of benzene rings is 3. The van der Waals surface area contributed by atoms with Crippen molar-refractivity contribution in [3.8, 4) is 0 Å². The number of halogens is 2. The summed E-state index contributed by atoms with van der Waals surface area (Å²) < 4.78 is 26.9. The van der Waals surface area contributed by atoms with E-state index in [1.165, 1.54) is 0 Å². The molecule has 0 fully saturated rings. The molecule has 170 valence electrons. The maximum atomic E-state index is 13.5. The van der Waals surface area contributed by atoms with Crippen molar-refractivity contribution < 1.29 is 13.2 Å². The van der Waals surface area contributed by atoms with E-state index in [-0.39, 0.29) is 40.6 Å². The van der Waals surface area contributed by atoms with Crippen LogP contribution in [0.2, 0.25) is 0 Å². The molecule has 10 heteroatoms. The second kappa shape index (κ2) is 10.3. The van der Waals surface area contributed by atoms with Crippen LogP contribution in [-0.4, -0.2) is 50.1 Å². The van der Waals surface area contributed by atoms with Crippen molar-refractivity contribution >= 4 is 67.9 Å². The predicted molar refractivity (Wildman–Crippen MR) is 132 cm³/mol. The first-order valence-electron chi connectivity index (χ1n) is 9.52. The zero-order chi connectivity index (χ0) is 21.3. The second-order valence-corrected chi connectivity index (χ2v) is 9.19. The standard InChI is InChI=1S/C22H22N4O3S.2ClH/c1-26(2)14-13-20(27)23-18-11-6-10-17-21(18)24-25-22(17)30(28,29)19-12-5-8-15-7-3-4-9-16(15)19;;/h3-12H,13-14H2,1-2H3,(H,23,27)(H,24,25);2*1H. The summed E-state index contributed by atoms with van der Waals surface area (Å²) in [5, 5.41) is 11.7. The van der Waals surface area contributed by atoms with Gasteiger partial charge in [0.25, 0.3) is 0 Å². The van der Waals surface area contributed by atoms with Crippen molar-refractivity contribution in [1.82, 2.24) is 15.1 Å². The number of nitrogens with zero attached hydrogens (tertiary/aromatic N) is 2. The Labute approximate surface area is 198 Å². The summed E-state index contributed by atoms with van der Waals surface area (Å²) in [6.45, 7) is 0.614. The Balaban J connectivity index is 0.00000181. The topological polar surface area (TPSA) is 95.2 Å². The number of nitrogens with one attached hydrogen (secondary N) is 2. The average molecular weight is 495 g/mol. The van der Waals surface area contributed by atoms with Gasteiger partial charge in [-0.2, -0.15) is 5.10 Å². The van der Waals surface area contributed by atoms with E-state index in [0.29, 0.717) is 34.9 Å². The van der Waals surface area contributed by atoms with Crippen LogP contribution >= 0.6 is 24.8 Å². The van der Waals surface area contributed by atoms with Gasteiger partial charge in [-0.15, -0.1) is 24.8 Å². The summed E-state index contributed by atoms with van der Waals surface area (Å²) in [5.74, 6) is -0.155. The van der Waals surface area contributed by atoms with Crippen LogP contribution in [0.4, 0.5) is 5.69 Å². The molecular formula is C22H24Cl2N4O3S. The highest BCUT2D eigenvalue weighted by Gasteiger charge is 2.25. The fourth-order valence-electron chi connectivity index (χ4n) is 3.40. The van der Waals surface area contributed by atoms with Gasteiger partial charge in [-0.05, 0) is 37.7 Å². The molecule has 1 amide bonds. The lowest BCUT2D eigenvalue weighted by Gasteiger charge is -2.10. The summed E-state index contributed by atoms with van der Waals surface area (Å²) >= 11 is 0. The third-order valence-electron chi connectivity index (χ3n) is 4.92. The molecular weight excluding hydrogens is 471 g/mol. The smallest absolute Gasteiger partial charge is 0.225 e. The van der Waals surface area contributed by atoms with Gasteiger partial charge in [0, 0.05) is 23.7 Å². The molecule has 0 aliphatic heterocycles. The van der Waals surface area contributed by atoms with E-state index in [9.17, 15) is 13.2 Å². The average Bonchev–Trinajstić information content (AvgIpc) is 3.18. The molecule has 4 rings (SSSR count). The molecule has 4 aromatic rings. The minimum atomic E-state index is -3.85. The van der Waals surface area contributed by atoms with E-state index in [0.717, 1.165) is 5.39 Å². The van der Waals surface area contributed by atoms with Gasteiger partial charge in [-0.3, -0.25) is 9.89 Å². The Morgan fingerprint density at radius 1 is 0.969 bits per heavy atom. The highest BCUT2D eigenvalue weighted by Crippen LogP contribution is 2.33. The van der Waals surface area contributed by atoms with E-state index in [4.69, 9.17) is 0 Å². The van der Waals surface area contributed by atoms with E-state index in [1.807, 2.05) is 43.3 Å². The molecule has 1 heterocycles. The minimum Gasteiger partial charge on any atom is -0.324 e. The quantitative estimate of drug-likeness (QED) is 0.416. The van der Waals surface area contributed by atoms with Gasteiger partial charge in [0.05, 0.1) is 10.6 Å². The molecule has 7 nitrogen and oxygen atoms in total. The lowest BCUT2D eigenvalue weighted by Crippen LogP contribution is -2.20. The Kier molecular flexibility index (Phi) is 8.25. The molecule has 0 saturated heterocycles. The van der Waals surface area contributed by atoms with Crippen LogP contribution in [0.1, 0.15) is 6.42 Å². The van der Waals surface area contributed by atoms with Crippen molar-refractivity contribution in [3.05, 3.63) is 60.7 Å². The normalized spacial score (nSPS) is 11.2. The third kappa shape index (κ3) is 4.88. The number of carbonyl (C=O) groups is 1. The Morgan fingerprint density at radius 3 is 2.38 bits per heavy atom. The second-order valence-electron chi connectivity index (χ2n) is 7.34. The van der Waals surface area contributed by atoms with Gasteiger partial charge in [0.1, 0.15) is 5.52 Å². The largest absolute Gasteiger partial charge is 0.324 e. The van der Waals surface area contributed by atoms with Crippen molar-refractivity contribution in [3.63, 3.8) is 0 Å². The minimum absolute atomic E-state index is 0. The van der Waals surface area contributed by atoms with E-state index in [2.05, 4.69) is 15.5 Å². The van der Waals surface area contributed by atoms with Gasteiger partial charge in [0.15, 0.2) is 5.03 Å². The molecule has 0 bridgehead atoms. The highest BCUT2D eigenvalue weighted by atomic mass is 35.5. The van der Waals surface area contributed by atoms with Crippen molar-refractivity contribution in [1.29, 1.82) is 0 Å². The summed E-state index contributed by atoms with van der Waals surface area (Å²) in [4.78, 5) is 14.4. The number of H-pyrrole nitrogens is 1. The predicted octanol–water partition coefficient (Wildman–Crippen LogP) is 4.28. The third-order valence-corrected chi connectivity index (χ3v) is 6.70. The summed E-state index contributed by atoms with van der Waals surface area (Å²) in [5.41, 5.74) is 0.890. The zero-order valence-electron chi connectivity index (χ0n) is 17.5. The summed E-state index contributed by atoms with van der Waals surface area (Å²) in [6, 6.07) is 17.7.